The van der Waals surface area contributed by atoms with E-state index in [9.17, 15) is 19.2 Å². The molecule has 184 valence electrons. The van der Waals surface area contributed by atoms with Gasteiger partial charge in [-0.15, -0.1) is 12.2 Å². The van der Waals surface area contributed by atoms with Crippen LogP contribution in [0.3, 0.4) is 0 Å². The Bertz CT molecular complexity index is 634. The molecule has 0 aromatic carbocycles. The molecule has 0 N–H and O–H groups in total. The van der Waals surface area contributed by atoms with E-state index in [1.807, 2.05) is 12.2 Å². The molecule has 34 heavy (non-hydrogen) atoms. The summed E-state index contributed by atoms with van der Waals surface area (Å²) in [5.41, 5.74) is -1.34. The minimum atomic E-state index is -1.10. The van der Waals surface area contributed by atoms with Crippen LogP contribution in [-0.2, 0) is 100 Å². The second-order valence-electron chi connectivity index (χ2n) is 2.97. The Hall–Kier alpha value is -3.16. The average molecular weight is 564 g/mol. The number of carbonyl (C=O) groups is 4. The van der Waals surface area contributed by atoms with Gasteiger partial charge in [0.15, 0.2) is 11.9 Å². The number of carbonyl (C=O) groups excluding carboxylic acids is 4. The van der Waals surface area contributed by atoms with E-state index < -0.39 is 35.0 Å². The number of esters is 4. The maximum absolute atomic E-state index is 11.5. The van der Waals surface area contributed by atoms with Crippen LogP contribution in [0.5, 0.6) is 0 Å². The molecule has 0 unspecified atom stereocenters. The van der Waals surface area contributed by atoms with Gasteiger partial charge in [-0.25, -0.2) is 11.1 Å². The van der Waals surface area contributed by atoms with E-state index in [4.69, 9.17) is 27.9 Å². The van der Waals surface area contributed by atoms with Crippen molar-refractivity contribution in [2.45, 2.75) is 0 Å². The third-order valence-corrected chi connectivity index (χ3v) is 1.85. The van der Waals surface area contributed by atoms with Gasteiger partial charge in [0, 0.05) is 17.1 Å². The summed E-state index contributed by atoms with van der Waals surface area (Å²) >= 11 is 0. The van der Waals surface area contributed by atoms with Crippen molar-refractivity contribution in [1.29, 1.82) is 0 Å². The fourth-order valence-corrected chi connectivity index (χ4v) is 0.941. The van der Waals surface area contributed by atoms with Crippen molar-refractivity contribution in [3.63, 3.8) is 0 Å². The topological polar surface area (TPSA) is 225 Å². The second kappa shape index (κ2) is 57.1. The Morgan fingerprint density at radius 2 is 0.676 bits per heavy atom. The minimum Gasteiger partial charge on any atom is 0 e. The summed E-state index contributed by atoms with van der Waals surface area (Å²) in [6.45, 7) is 27.0. The first-order valence-electron chi connectivity index (χ1n) is 6.24. The van der Waals surface area contributed by atoms with Crippen molar-refractivity contribution in [2.75, 3.05) is 28.4 Å². The number of rotatable bonds is 5. The van der Waals surface area contributed by atoms with Gasteiger partial charge in [0.2, 0.25) is 0 Å². The third kappa shape index (κ3) is 36.2. The first-order valence-corrected chi connectivity index (χ1v) is 6.24. The Morgan fingerprint density at radius 3 is 0.794 bits per heavy atom. The van der Waals surface area contributed by atoms with E-state index >= 15 is 0 Å². The van der Waals surface area contributed by atoms with E-state index in [0.717, 1.165) is 28.4 Å². The summed E-state index contributed by atoms with van der Waals surface area (Å²) in [7, 11) is 4.09. The molecule has 0 fully saturated rings. The molecule has 0 aliphatic rings. The minimum absolute atomic E-state index is 0. The van der Waals surface area contributed by atoms with Crippen LogP contribution >= 0.6 is 0 Å². The third-order valence-electron chi connectivity index (χ3n) is 1.85. The summed E-state index contributed by atoms with van der Waals surface area (Å²) in [6, 6.07) is 0. The van der Waals surface area contributed by atoms with Crippen molar-refractivity contribution in [1.82, 2.24) is 0 Å². The summed E-state index contributed by atoms with van der Waals surface area (Å²) in [6.07, 6.45) is 3.87. The van der Waals surface area contributed by atoms with Crippen molar-refractivity contribution >= 4 is 23.9 Å². The molecule has 0 aliphatic carbocycles. The SMILES string of the molecule is COC(=O)[C-]=C(C(=O)OC)C(=[C-]C(=O)OC)C(=O)OC.[C-]#[O+].[C-]#[O+].[C-]#[O+].[C-]#[O+].[C-]#[O+].[C-]#[O+].[Fe+2].[Fe]. The summed E-state index contributed by atoms with van der Waals surface area (Å²) < 4.78 is 62.3. The van der Waals surface area contributed by atoms with Crippen LogP contribution in [0.4, 0.5) is 0 Å². The fourth-order valence-electron chi connectivity index (χ4n) is 0.941. The normalized spacial score (nSPS) is 7.06. The Balaban J connectivity index is -0.0000000552. The molecule has 0 heterocycles. The zero-order chi connectivity index (χ0) is 27.7. The molecule has 0 bridgehead atoms. The summed E-state index contributed by atoms with van der Waals surface area (Å²) in [5.74, 6) is -4.32. The monoisotopic (exact) mass is 564 g/mol. The number of hydrogen-bond donors (Lipinski definition) is 0. The second-order valence-corrected chi connectivity index (χ2v) is 2.97. The molecular formula is C18H12Fe2O14. The predicted octanol–water partition coefficient (Wildman–Crippen LogP) is -1.09. The smallest absolute Gasteiger partial charge is 0 e. The maximum atomic E-state index is 11.5. The molecule has 0 saturated heterocycles. The molecule has 0 atom stereocenters. The van der Waals surface area contributed by atoms with Crippen LogP contribution < -0.4 is 0 Å². The molecule has 0 radical (unpaired) electrons. The molecule has 16 heteroatoms. The van der Waals surface area contributed by atoms with Gasteiger partial charge in [-0.1, -0.05) is 0 Å². The molecular weight excluding hydrogens is 552 g/mol. The molecule has 14 nitrogen and oxygen atoms in total. The van der Waals surface area contributed by atoms with Gasteiger partial charge in [-0.3, -0.25) is 9.59 Å². The summed E-state index contributed by atoms with van der Waals surface area (Å²) in [4.78, 5) is 45.4. The molecule has 0 aromatic heterocycles. The fraction of sp³-hybridized carbons (Fsp3) is 0.222. The van der Waals surface area contributed by atoms with Crippen LogP contribution in [-0.4, -0.2) is 52.3 Å². The molecule has 0 aliphatic heterocycles. The number of hydrogen-bond acceptors (Lipinski definition) is 8. The first kappa shape index (κ1) is 57.6. The van der Waals surface area contributed by atoms with Crippen LogP contribution in [0.1, 0.15) is 0 Å². The van der Waals surface area contributed by atoms with E-state index in [-0.39, 0.29) is 34.1 Å². The predicted molar refractivity (Wildman–Crippen MR) is 85.2 cm³/mol. The van der Waals surface area contributed by atoms with E-state index in [2.05, 4.69) is 58.8 Å². The molecule has 0 amide bonds. The molecule has 0 rings (SSSR count). The van der Waals surface area contributed by atoms with Gasteiger partial charge in [0.25, 0.3) is 11.9 Å². The zero-order valence-electron chi connectivity index (χ0n) is 17.4. The largest absolute Gasteiger partial charge is 2.00 e. The van der Waals surface area contributed by atoms with E-state index in [1.165, 1.54) is 0 Å². The first-order chi connectivity index (χ1) is 15.4. The molecule has 0 spiro atoms. The van der Waals surface area contributed by atoms with Crippen LogP contribution in [0.15, 0.2) is 11.1 Å². The zero-order valence-corrected chi connectivity index (χ0v) is 19.6. The van der Waals surface area contributed by atoms with E-state index in [0.29, 0.717) is 0 Å². The Morgan fingerprint density at radius 1 is 0.500 bits per heavy atom. The Kier molecular flexibility index (Phi) is 96.8. The van der Waals surface area contributed by atoms with Gasteiger partial charge in [-0.05, 0) is 0 Å². The van der Waals surface area contributed by atoms with Crippen molar-refractivity contribution in [2.24, 2.45) is 0 Å². The van der Waals surface area contributed by atoms with Gasteiger partial charge >= 0.3 is 84.9 Å². The van der Waals surface area contributed by atoms with Crippen molar-refractivity contribution < 1.29 is 100 Å². The van der Waals surface area contributed by atoms with Gasteiger partial charge in [0.05, 0.1) is 28.4 Å². The maximum Gasteiger partial charge on any atom is 2.00 e. The van der Waals surface area contributed by atoms with Crippen LogP contribution in [0.25, 0.3) is 0 Å². The van der Waals surface area contributed by atoms with Gasteiger partial charge in [0.1, 0.15) is 0 Å². The van der Waals surface area contributed by atoms with Gasteiger partial charge < -0.3 is 28.5 Å². The quantitative estimate of drug-likeness (QED) is 0.0757. The Labute approximate surface area is 215 Å². The average Bonchev–Trinajstić information content (AvgIpc) is 2.91. The molecule has 0 saturated carbocycles. The number of ether oxygens (including phenoxy) is 4. The van der Waals surface area contributed by atoms with Gasteiger partial charge in [-0.2, -0.15) is 0 Å². The molecule has 0 aromatic rings. The van der Waals surface area contributed by atoms with Crippen molar-refractivity contribution in [3.05, 3.63) is 63.2 Å². The number of methoxy groups -OCH3 is 4. The van der Waals surface area contributed by atoms with Crippen LogP contribution in [0, 0.1) is 52.1 Å². The standard InChI is InChI=1S/C12H12O8.6CO.2Fe/c1-17-9(13)5-7(11(15)19-3)8(12(16)20-4)6-10(14)18-2;6*1-2;;/h1-4H3;;;;;;;;/q-2;;;;;;;;+2. The van der Waals surface area contributed by atoms with E-state index in [1.54, 1.807) is 0 Å². The van der Waals surface area contributed by atoms with Crippen molar-refractivity contribution in [3.8, 4) is 0 Å². The summed E-state index contributed by atoms with van der Waals surface area (Å²) in [5, 5.41) is 0. The van der Waals surface area contributed by atoms with Crippen LogP contribution in [0.2, 0.25) is 0 Å².